The van der Waals surface area contributed by atoms with Crippen LogP contribution in [-0.4, -0.2) is 48.9 Å². The van der Waals surface area contributed by atoms with Crippen LogP contribution in [0.5, 0.6) is 0 Å². The number of nitrogens with zero attached hydrogens (tertiary/aromatic N) is 2. The van der Waals surface area contributed by atoms with Crippen molar-refractivity contribution in [2.75, 3.05) is 33.2 Å². The number of hydrogen-bond acceptors (Lipinski definition) is 2. The molecule has 0 unspecified atom stereocenters. The van der Waals surface area contributed by atoms with E-state index in [0.29, 0.717) is 9.13 Å². The Morgan fingerprint density at radius 1 is 1.29 bits per heavy atom. The number of piperazine rings is 1. The van der Waals surface area contributed by atoms with Crippen molar-refractivity contribution in [1.29, 1.82) is 0 Å². The van der Waals surface area contributed by atoms with Crippen LogP contribution in [0.15, 0.2) is 18.2 Å². The van der Waals surface area contributed by atoms with Gasteiger partial charge in [0, 0.05) is 29.7 Å². The molecule has 92 valence electrons. The summed E-state index contributed by atoms with van der Waals surface area (Å²) in [6, 6.07) is 4.30. The molecule has 1 aliphatic heterocycles. The van der Waals surface area contributed by atoms with Crippen LogP contribution in [0.2, 0.25) is 0 Å². The van der Waals surface area contributed by atoms with E-state index in [1.165, 1.54) is 12.1 Å². The van der Waals surface area contributed by atoms with Gasteiger partial charge in [-0.15, -0.1) is 0 Å². The molecule has 1 aromatic rings. The zero-order valence-electron chi connectivity index (χ0n) is 9.62. The van der Waals surface area contributed by atoms with Gasteiger partial charge in [0.15, 0.2) is 0 Å². The Balaban J connectivity index is 2.14. The summed E-state index contributed by atoms with van der Waals surface area (Å²) >= 11 is 2.00. The van der Waals surface area contributed by atoms with Gasteiger partial charge >= 0.3 is 0 Å². The predicted octanol–water partition coefficient (Wildman–Crippen LogP) is 1.82. The molecule has 0 spiro atoms. The second kappa shape index (κ2) is 5.30. The third-order valence-corrected chi connectivity index (χ3v) is 3.84. The summed E-state index contributed by atoms with van der Waals surface area (Å²) in [5, 5.41) is 0. The van der Waals surface area contributed by atoms with Crippen molar-refractivity contribution in [1.82, 2.24) is 9.80 Å². The Morgan fingerprint density at radius 2 is 1.94 bits per heavy atom. The molecule has 1 amide bonds. The van der Waals surface area contributed by atoms with Crippen molar-refractivity contribution in [3.05, 3.63) is 33.1 Å². The van der Waals surface area contributed by atoms with Gasteiger partial charge in [0.05, 0.1) is 5.56 Å². The number of carbonyl (C=O) groups is 1. The van der Waals surface area contributed by atoms with Crippen molar-refractivity contribution in [2.45, 2.75) is 0 Å². The van der Waals surface area contributed by atoms with E-state index in [1.807, 2.05) is 34.5 Å². The van der Waals surface area contributed by atoms with E-state index in [-0.39, 0.29) is 11.7 Å². The van der Waals surface area contributed by atoms with Crippen LogP contribution in [0, 0.1) is 9.39 Å². The lowest BCUT2D eigenvalue weighted by atomic mass is 10.2. The van der Waals surface area contributed by atoms with E-state index in [9.17, 15) is 9.18 Å². The SMILES string of the molecule is CN1CCN(C(=O)c2ccc(F)cc2I)CC1. The first kappa shape index (κ1) is 12.8. The molecule has 1 saturated heterocycles. The quantitative estimate of drug-likeness (QED) is 0.723. The van der Waals surface area contributed by atoms with Crippen molar-refractivity contribution < 1.29 is 9.18 Å². The largest absolute Gasteiger partial charge is 0.336 e. The smallest absolute Gasteiger partial charge is 0.255 e. The standard InChI is InChI=1S/C12H14FIN2O/c1-15-4-6-16(7-5-15)12(17)10-3-2-9(13)8-11(10)14/h2-3,8H,4-7H2,1H3. The summed E-state index contributed by atoms with van der Waals surface area (Å²) in [6.45, 7) is 3.26. The predicted molar refractivity (Wildman–Crippen MR) is 72.5 cm³/mol. The van der Waals surface area contributed by atoms with Gasteiger partial charge in [-0.05, 0) is 47.8 Å². The summed E-state index contributed by atoms with van der Waals surface area (Å²) in [6.07, 6.45) is 0. The van der Waals surface area contributed by atoms with Gasteiger partial charge in [0.25, 0.3) is 5.91 Å². The van der Waals surface area contributed by atoms with E-state index < -0.39 is 0 Å². The molecule has 5 heteroatoms. The van der Waals surface area contributed by atoms with Crippen molar-refractivity contribution in [3.63, 3.8) is 0 Å². The number of halogens is 2. The maximum absolute atomic E-state index is 13.0. The minimum Gasteiger partial charge on any atom is -0.336 e. The lowest BCUT2D eigenvalue weighted by Gasteiger charge is -2.32. The van der Waals surface area contributed by atoms with Crippen LogP contribution >= 0.6 is 22.6 Å². The molecule has 0 saturated carbocycles. The molecule has 17 heavy (non-hydrogen) atoms. The Morgan fingerprint density at radius 3 is 2.53 bits per heavy atom. The third-order valence-electron chi connectivity index (χ3n) is 2.95. The summed E-state index contributed by atoms with van der Waals surface area (Å²) < 4.78 is 13.6. The number of amides is 1. The van der Waals surface area contributed by atoms with E-state index in [4.69, 9.17) is 0 Å². The van der Waals surface area contributed by atoms with Gasteiger partial charge in [-0.3, -0.25) is 4.79 Å². The normalized spacial score (nSPS) is 17.2. The monoisotopic (exact) mass is 348 g/mol. The first-order valence-corrected chi connectivity index (χ1v) is 6.58. The van der Waals surface area contributed by atoms with E-state index in [2.05, 4.69) is 4.90 Å². The number of benzene rings is 1. The zero-order valence-corrected chi connectivity index (χ0v) is 11.8. The Hall–Kier alpha value is -0.690. The molecule has 1 aromatic carbocycles. The van der Waals surface area contributed by atoms with Crippen molar-refractivity contribution in [3.8, 4) is 0 Å². The van der Waals surface area contributed by atoms with Crippen LogP contribution in [0.1, 0.15) is 10.4 Å². The molecular weight excluding hydrogens is 334 g/mol. The van der Waals surface area contributed by atoms with Gasteiger partial charge < -0.3 is 9.80 Å². The van der Waals surface area contributed by atoms with Gasteiger partial charge in [0.2, 0.25) is 0 Å². The molecule has 1 aliphatic rings. The van der Waals surface area contributed by atoms with Crippen molar-refractivity contribution in [2.24, 2.45) is 0 Å². The molecule has 0 atom stereocenters. The topological polar surface area (TPSA) is 23.6 Å². The molecule has 0 aliphatic carbocycles. The fraction of sp³-hybridized carbons (Fsp3) is 0.417. The zero-order chi connectivity index (χ0) is 12.4. The highest BCUT2D eigenvalue weighted by atomic mass is 127. The van der Waals surface area contributed by atoms with Crippen LogP contribution in [0.25, 0.3) is 0 Å². The third kappa shape index (κ3) is 2.95. The Kier molecular flexibility index (Phi) is 3.98. The highest BCUT2D eigenvalue weighted by Crippen LogP contribution is 2.16. The van der Waals surface area contributed by atoms with Crippen LogP contribution in [0.4, 0.5) is 4.39 Å². The van der Waals surface area contributed by atoms with Crippen LogP contribution in [-0.2, 0) is 0 Å². The summed E-state index contributed by atoms with van der Waals surface area (Å²) in [5.74, 6) is -0.299. The van der Waals surface area contributed by atoms with Gasteiger partial charge in [0.1, 0.15) is 5.82 Å². The minimum atomic E-state index is -0.302. The Labute approximate surface area is 114 Å². The molecule has 0 N–H and O–H groups in total. The molecular formula is C12H14FIN2O. The van der Waals surface area contributed by atoms with Gasteiger partial charge in [-0.1, -0.05) is 0 Å². The van der Waals surface area contributed by atoms with Crippen LogP contribution in [0.3, 0.4) is 0 Å². The average Bonchev–Trinajstić information content (AvgIpc) is 2.29. The highest BCUT2D eigenvalue weighted by Gasteiger charge is 2.21. The lowest BCUT2D eigenvalue weighted by molar-refractivity contribution is 0.0663. The second-order valence-electron chi connectivity index (χ2n) is 4.22. The number of likely N-dealkylation sites (N-methyl/N-ethyl adjacent to an activating group) is 1. The molecule has 1 heterocycles. The molecule has 0 aromatic heterocycles. The summed E-state index contributed by atoms with van der Waals surface area (Å²) in [7, 11) is 2.05. The molecule has 0 bridgehead atoms. The van der Waals surface area contributed by atoms with Crippen LogP contribution < -0.4 is 0 Å². The average molecular weight is 348 g/mol. The van der Waals surface area contributed by atoms with E-state index in [0.717, 1.165) is 26.2 Å². The molecule has 1 fully saturated rings. The number of hydrogen-bond donors (Lipinski definition) is 0. The van der Waals surface area contributed by atoms with Crippen molar-refractivity contribution >= 4 is 28.5 Å². The molecule has 3 nitrogen and oxygen atoms in total. The number of carbonyl (C=O) groups excluding carboxylic acids is 1. The highest BCUT2D eigenvalue weighted by molar-refractivity contribution is 14.1. The molecule has 0 radical (unpaired) electrons. The summed E-state index contributed by atoms with van der Waals surface area (Å²) in [4.78, 5) is 16.2. The Bertz CT molecular complexity index is 431. The fourth-order valence-corrected chi connectivity index (χ4v) is 2.55. The first-order valence-electron chi connectivity index (χ1n) is 5.51. The summed E-state index contributed by atoms with van der Waals surface area (Å²) in [5.41, 5.74) is 0.594. The minimum absolute atomic E-state index is 0.00231. The maximum Gasteiger partial charge on any atom is 0.255 e. The lowest BCUT2D eigenvalue weighted by Crippen LogP contribution is -2.47. The van der Waals surface area contributed by atoms with E-state index >= 15 is 0 Å². The second-order valence-corrected chi connectivity index (χ2v) is 5.38. The first-order chi connectivity index (χ1) is 8.08. The van der Waals surface area contributed by atoms with E-state index in [1.54, 1.807) is 6.07 Å². The fourth-order valence-electron chi connectivity index (χ4n) is 1.84. The molecule has 2 rings (SSSR count). The van der Waals surface area contributed by atoms with Gasteiger partial charge in [-0.25, -0.2) is 4.39 Å². The maximum atomic E-state index is 13.0. The van der Waals surface area contributed by atoms with Gasteiger partial charge in [-0.2, -0.15) is 0 Å². The number of rotatable bonds is 1.